The van der Waals surface area contributed by atoms with Crippen molar-refractivity contribution in [1.82, 2.24) is 19.8 Å². The maximum atomic E-state index is 9.47. The van der Waals surface area contributed by atoms with Crippen LogP contribution in [0.3, 0.4) is 0 Å². The summed E-state index contributed by atoms with van der Waals surface area (Å²) in [5.74, 6) is 0. The smallest absolute Gasteiger partial charge is 0.170 e. The molecular weight excluding hydrogens is 428 g/mol. The van der Waals surface area contributed by atoms with Crippen molar-refractivity contribution in [2.24, 2.45) is 0 Å². The third-order valence-electron chi connectivity index (χ3n) is 6.12. The van der Waals surface area contributed by atoms with Crippen molar-refractivity contribution in [3.05, 3.63) is 81.9 Å². The van der Waals surface area contributed by atoms with Gasteiger partial charge in [-0.1, -0.05) is 23.7 Å². The lowest BCUT2D eigenvalue weighted by Crippen LogP contribution is -2.31. The highest BCUT2D eigenvalue weighted by molar-refractivity contribution is 7.80. The number of nitrogens with zero attached hydrogens (tertiary/aromatic N) is 3. The Morgan fingerprint density at radius 3 is 2.61 bits per heavy atom. The van der Waals surface area contributed by atoms with Gasteiger partial charge in [-0.2, -0.15) is 0 Å². The zero-order valence-corrected chi connectivity index (χ0v) is 19.5. The van der Waals surface area contributed by atoms with Crippen LogP contribution in [0.2, 0.25) is 5.02 Å². The van der Waals surface area contributed by atoms with E-state index in [4.69, 9.17) is 23.8 Å². The highest BCUT2D eigenvalue weighted by atomic mass is 35.5. The van der Waals surface area contributed by atoms with Gasteiger partial charge in [0.15, 0.2) is 5.11 Å². The van der Waals surface area contributed by atoms with Crippen molar-refractivity contribution in [3.63, 3.8) is 0 Å². The molecule has 1 aliphatic rings. The summed E-state index contributed by atoms with van der Waals surface area (Å²) in [6, 6.07) is 13.8. The molecule has 2 atom stereocenters. The van der Waals surface area contributed by atoms with E-state index in [1.54, 1.807) is 0 Å². The van der Waals surface area contributed by atoms with Crippen LogP contribution in [0.1, 0.15) is 46.7 Å². The van der Waals surface area contributed by atoms with Crippen LogP contribution >= 0.6 is 23.8 Å². The first-order chi connectivity index (χ1) is 14.9. The summed E-state index contributed by atoms with van der Waals surface area (Å²) in [6.07, 6.45) is 2.47. The lowest BCUT2D eigenvalue weighted by molar-refractivity contribution is 0.247. The molecule has 0 aliphatic carbocycles. The number of rotatable bonds is 6. The molecule has 0 saturated carbocycles. The second-order valence-corrected chi connectivity index (χ2v) is 8.75. The molecule has 0 unspecified atom stereocenters. The Kier molecular flexibility index (Phi) is 6.32. The first kappa shape index (κ1) is 21.8. The number of nitrogens with one attached hydrogen (secondary N) is 1. The van der Waals surface area contributed by atoms with E-state index in [0.29, 0.717) is 23.1 Å². The molecule has 31 heavy (non-hydrogen) atoms. The summed E-state index contributed by atoms with van der Waals surface area (Å²) < 4.78 is 2.26. The van der Waals surface area contributed by atoms with Crippen LogP contribution in [0.15, 0.2) is 48.7 Å². The lowest BCUT2D eigenvalue weighted by Gasteiger charge is -2.28. The largest absolute Gasteiger partial charge is 0.396 e. The van der Waals surface area contributed by atoms with Gasteiger partial charge in [-0.25, -0.2) is 0 Å². The van der Waals surface area contributed by atoms with E-state index >= 15 is 0 Å². The number of hydrogen-bond acceptors (Lipinski definition) is 3. The van der Waals surface area contributed by atoms with Crippen LogP contribution < -0.4 is 5.32 Å². The normalized spacial score (nSPS) is 18.5. The molecule has 2 aromatic heterocycles. The van der Waals surface area contributed by atoms with Crippen molar-refractivity contribution in [3.8, 4) is 5.69 Å². The fourth-order valence-electron chi connectivity index (χ4n) is 4.65. The molecule has 1 aliphatic heterocycles. The van der Waals surface area contributed by atoms with Crippen LogP contribution in [0.25, 0.3) is 5.69 Å². The highest BCUT2D eigenvalue weighted by Crippen LogP contribution is 2.43. The highest BCUT2D eigenvalue weighted by Gasteiger charge is 2.42. The van der Waals surface area contributed by atoms with Gasteiger partial charge in [-0.3, -0.25) is 4.98 Å². The standard InChI is InChI=1S/C24H27ClN4OS/c1-15-16(2)29(19-9-6-8-18(25)14-19)17(3)21(15)23-22(20-10-4-5-11-26-20)27-24(31)28(23)12-7-13-30/h4-6,8-11,14,22-23,30H,7,12-13H2,1-3H3,(H,27,31)/t22-,23-/m0/s1. The molecule has 2 N–H and O–H groups in total. The predicted molar refractivity (Wildman–Crippen MR) is 129 cm³/mol. The average Bonchev–Trinajstić information content (AvgIpc) is 3.19. The quantitative estimate of drug-likeness (QED) is 0.523. The number of halogens is 1. The Morgan fingerprint density at radius 2 is 1.94 bits per heavy atom. The van der Waals surface area contributed by atoms with Crippen molar-refractivity contribution < 1.29 is 5.11 Å². The third kappa shape index (κ3) is 3.95. The molecule has 1 saturated heterocycles. The minimum atomic E-state index is -0.0700. The van der Waals surface area contributed by atoms with Crippen molar-refractivity contribution >= 4 is 28.9 Å². The van der Waals surface area contributed by atoms with E-state index in [1.165, 1.54) is 16.8 Å². The Hall–Kier alpha value is -2.41. The summed E-state index contributed by atoms with van der Waals surface area (Å²) in [5.41, 5.74) is 6.79. The van der Waals surface area contributed by atoms with Gasteiger partial charge in [-0.05, 0) is 75.3 Å². The zero-order valence-electron chi connectivity index (χ0n) is 18.0. The molecule has 0 bridgehead atoms. The molecule has 0 spiro atoms. The molecule has 5 nitrogen and oxygen atoms in total. The molecule has 162 valence electrons. The maximum Gasteiger partial charge on any atom is 0.170 e. The molecule has 3 aromatic rings. The maximum absolute atomic E-state index is 9.47. The van der Waals surface area contributed by atoms with Crippen molar-refractivity contribution in [1.29, 1.82) is 0 Å². The zero-order chi connectivity index (χ0) is 22.1. The van der Waals surface area contributed by atoms with E-state index in [9.17, 15) is 5.11 Å². The molecule has 3 heterocycles. The molecule has 7 heteroatoms. The molecule has 0 amide bonds. The van der Waals surface area contributed by atoms with E-state index in [-0.39, 0.29) is 18.7 Å². The fraction of sp³-hybridized carbons (Fsp3) is 0.333. The topological polar surface area (TPSA) is 53.3 Å². The predicted octanol–water partition coefficient (Wildman–Crippen LogP) is 4.81. The summed E-state index contributed by atoms with van der Waals surface area (Å²) >= 11 is 12.0. The van der Waals surface area contributed by atoms with Gasteiger partial charge in [0.25, 0.3) is 0 Å². The summed E-state index contributed by atoms with van der Waals surface area (Å²) in [6.45, 7) is 7.26. The van der Waals surface area contributed by atoms with E-state index < -0.39 is 0 Å². The first-order valence-corrected chi connectivity index (χ1v) is 11.3. The van der Waals surface area contributed by atoms with Crippen LogP contribution in [-0.4, -0.2) is 37.8 Å². The molecular formula is C24H27ClN4OS. The van der Waals surface area contributed by atoms with Gasteiger partial charge < -0.3 is 19.9 Å². The Morgan fingerprint density at radius 1 is 1.13 bits per heavy atom. The number of thiocarbonyl (C=S) groups is 1. The minimum Gasteiger partial charge on any atom is -0.396 e. The van der Waals surface area contributed by atoms with Gasteiger partial charge in [0.2, 0.25) is 0 Å². The van der Waals surface area contributed by atoms with Crippen LogP contribution in [0.5, 0.6) is 0 Å². The molecule has 1 fully saturated rings. The van der Waals surface area contributed by atoms with Crippen LogP contribution in [0.4, 0.5) is 0 Å². The second-order valence-electron chi connectivity index (χ2n) is 7.92. The molecule has 0 radical (unpaired) electrons. The number of aromatic nitrogens is 2. The second kappa shape index (κ2) is 8.99. The fourth-order valence-corrected chi connectivity index (χ4v) is 5.16. The van der Waals surface area contributed by atoms with Crippen molar-refractivity contribution in [2.45, 2.75) is 39.3 Å². The SMILES string of the molecule is Cc1c([C@H]2[C@H](c3ccccn3)NC(=S)N2CCCO)c(C)n(-c2cccc(Cl)c2)c1C. The van der Waals surface area contributed by atoms with Gasteiger partial charge >= 0.3 is 0 Å². The number of aliphatic hydroxyl groups excluding tert-OH is 1. The van der Waals surface area contributed by atoms with Crippen LogP contribution in [0, 0.1) is 20.8 Å². The number of hydrogen-bond donors (Lipinski definition) is 2. The summed E-state index contributed by atoms with van der Waals surface area (Å²) in [7, 11) is 0. The lowest BCUT2D eigenvalue weighted by atomic mass is 9.93. The Labute approximate surface area is 193 Å². The van der Waals surface area contributed by atoms with Gasteiger partial charge in [0.1, 0.15) is 0 Å². The van der Waals surface area contributed by atoms with Gasteiger partial charge in [0.05, 0.1) is 17.8 Å². The van der Waals surface area contributed by atoms with E-state index in [2.05, 4.69) is 46.6 Å². The summed E-state index contributed by atoms with van der Waals surface area (Å²) in [4.78, 5) is 6.82. The van der Waals surface area contributed by atoms with E-state index in [0.717, 1.165) is 17.1 Å². The van der Waals surface area contributed by atoms with Gasteiger partial charge in [-0.15, -0.1) is 0 Å². The van der Waals surface area contributed by atoms with Gasteiger partial charge in [0, 0.05) is 47.0 Å². The number of benzene rings is 1. The number of pyridine rings is 1. The Balaban J connectivity index is 1.88. The van der Waals surface area contributed by atoms with Crippen LogP contribution in [-0.2, 0) is 0 Å². The monoisotopic (exact) mass is 454 g/mol. The van der Waals surface area contributed by atoms with Crippen molar-refractivity contribution in [2.75, 3.05) is 13.2 Å². The third-order valence-corrected chi connectivity index (χ3v) is 6.71. The minimum absolute atomic E-state index is 0.0203. The Bertz CT molecular complexity index is 1100. The molecule has 1 aromatic carbocycles. The molecule has 4 rings (SSSR count). The number of aliphatic hydroxyl groups is 1. The average molecular weight is 455 g/mol. The summed E-state index contributed by atoms with van der Waals surface area (Å²) in [5, 5.41) is 14.4. The van der Waals surface area contributed by atoms with E-state index in [1.807, 2.05) is 42.6 Å². The first-order valence-electron chi connectivity index (χ1n) is 10.5.